The Kier molecular flexibility index (Phi) is 4.99. The largest absolute Gasteiger partial charge is 0.506 e. The molecule has 0 bridgehead atoms. The van der Waals surface area contributed by atoms with Crippen molar-refractivity contribution >= 4 is 46.3 Å². The minimum atomic E-state index is -1.24. The summed E-state index contributed by atoms with van der Waals surface area (Å²) in [6.45, 7) is 1.75. The van der Waals surface area contributed by atoms with Crippen LogP contribution in [0.25, 0.3) is 10.9 Å². The summed E-state index contributed by atoms with van der Waals surface area (Å²) in [5.41, 5.74) is 1.17. The highest BCUT2D eigenvalue weighted by molar-refractivity contribution is 6.32. The van der Waals surface area contributed by atoms with Crippen LogP contribution in [-0.4, -0.2) is 37.5 Å². The number of benzene rings is 1. The van der Waals surface area contributed by atoms with Crippen molar-refractivity contribution < 1.29 is 19.8 Å². The lowest BCUT2D eigenvalue weighted by atomic mass is 10.1. The van der Waals surface area contributed by atoms with Crippen LogP contribution in [-0.2, 0) is 0 Å². The number of aromatic amines is 1. The number of anilines is 2. The molecule has 27 heavy (non-hydrogen) atoms. The standard InChI is InChI=1S/C16H15ClN6O4/c1-7(8-2-3-10(17)12(24)4-8)19-15(25)20-13-5-11-9(6-18-13)14(23-22-11)21-16(26)27/h2-7,24H,1H3,(H,26,27)(H2,21,22,23)(H2,18,19,20,25)/t7-/m1/s1. The number of H-pyrrole nitrogens is 1. The van der Waals surface area contributed by atoms with Crippen LogP contribution in [0.15, 0.2) is 30.5 Å². The minimum Gasteiger partial charge on any atom is -0.506 e. The third kappa shape index (κ3) is 4.18. The van der Waals surface area contributed by atoms with E-state index in [-0.39, 0.29) is 22.4 Å². The first-order valence-electron chi connectivity index (χ1n) is 7.73. The van der Waals surface area contributed by atoms with Gasteiger partial charge in [0.2, 0.25) is 0 Å². The molecule has 6 N–H and O–H groups in total. The third-order valence-corrected chi connectivity index (χ3v) is 4.05. The van der Waals surface area contributed by atoms with Gasteiger partial charge in [-0.2, -0.15) is 5.10 Å². The van der Waals surface area contributed by atoms with Gasteiger partial charge in [-0.3, -0.25) is 15.7 Å². The Balaban J connectivity index is 1.68. The smallest absolute Gasteiger partial charge is 0.410 e. The summed E-state index contributed by atoms with van der Waals surface area (Å²) in [5.74, 6) is 0.300. The Morgan fingerprint density at radius 1 is 1.26 bits per heavy atom. The van der Waals surface area contributed by atoms with E-state index in [9.17, 15) is 14.7 Å². The number of pyridine rings is 1. The predicted molar refractivity (Wildman–Crippen MR) is 99.2 cm³/mol. The molecule has 11 heteroatoms. The maximum absolute atomic E-state index is 12.2. The number of urea groups is 1. The molecule has 0 spiro atoms. The molecule has 3 aromatic rings. The van der Waals surface area contributed by atoms with Crippen molar-refractivity contribution in [3.05, 3.63) is 41.0 Å². The molecule has 0 saturated carbocycles. The molecule has 0 unspecified atom stereocenters. The summed E-state index contributed by atoms with van der Waals surface area (Å²) in [4.78, 5) is 26.9. The average Bonchev–Trinajstić information content (AvgIpc) is 2.98. The minimum absolute atomic E-state index is 0.0691. The number of hydrogen-bond donors (Lipinski definition) is 6. The monoisotopic (exact) mass is 390 g/mol. The number of aromatic hydroxyl groups is 1. The van der Waals surface area contributed by atoms with E-state index < -0.39 is 18.2 Å². The normalized spacial score (nSPS) is 11.8. The molecular formula is C16H15ClN6O4. The molecule has 0 saturated heterocycles. The SMILES string of the molecule is C[C@@H](NC(=O)Nc1cc2[nH]nc(NC(=O)O)c2cn1)c1ccc(Cl)c(O)c1. The van der Waals surface area contributed by atoms with Crippen molar-refractivity contribution in [2.24, 2.45) is 0 Å². The lowest BCUT2D eigenvalue weighted by Gasteiger charge is -2.15. The summed E-state index contributed by atoms with van der Waals surface area (Å²) < 4.78 is 0. The molecule has 3 rings (SSSR count). The first kappa shape index (κ1) is 18.3. The van der Waals surface area contributed by atoms with Crippen LogP contribution in [0.1, 0.15) is 18.5 Å². The zero-order chi connectivity index (χ0) is 19.6. The zero-order valence-corrected chi connectivity index (χ0v) is 14.7. The van der Waals surface area contributed by atoms with E-state index >= 15 is 0 Å². The van der Waals surface area contributed by atoms with Crippen LogP contribution < -0.4 is 16.0 Å². The number of carbonyl (C=O) groups excluding carboxylic acids is 1. The van der Waals surface area contributed by atoms with Crippen molar-refractivity contribution in [2.75, 3.05) is 10.6 Å². The summed E-state index contributed by atoms with van der Waals surface area (Å²) in [5, 5.41) is 33.0. The van der Waals surface area contributed by atoms with E-state index in [1.54, 1.807) is 19.1 Å². The number of rotatable bonds is 4. The maximum atomic E-state index is 12.2. The Bertz CT molecular complexity index is 1020. The van der Waals surface area contributed by atoms with E-state index in [0.29, 0.717) is 16.5 Å². The average molecular weight is 391 g/mol. The molecule has 0 aliphatic rings. The zero-order valence-electron chi connectivity index (χ0n) is 13.9. The number of nitrogens with one attached hydrogen (secondary N) is 4. The van der Waals surface area contributed by atoms with Gasteiger partial charge in [-0.15, -0.1) is 0 Å². The molecule has 0 aliphatic heterocycles. The maximum Gasteiger partial charge on any atom is 0.410 e. The molecule has 1 atom stereocenters. The topological polar surface area (TPSA) is 152 Å². The van der Waals surface area contributed by atoms with Crippen molar-refractivity contribution in [1.82, 2.24) is 20.5 Å². The fraction of sp³-hybridized carbons (Fsp3) is 0.125. The number of halogens is 1. The van der Waals surface area contributed by atoms with Crippen LogP contribution in [0.4, 0.5) is 21.2 Å². The molecule has 3 amide bonds. The number of hydrogen-bond acceptors (Lipinski definition) is 5. The van der Waals surface area contributed by atoms with E-state index in [2.05, 4.69) is 31.1 Å². The van der Waals surface area contributed by atoms with E-state index in [1.165, 1.54) is 18.3 Å². The highest BCUT2D eigenvalue weighted by Gasteiger charge is 2.13. The van der Waals surface area contributed by atoms with Crippen molar-refractivity contribution in [2.45, 2.75) is 13.0 Å². The molecule has 0 radical (unpaired) electrons. The molecule has 0 aliphatic carbocycles. The van der Waals surface area contributed by atoms with Gasteiger partial charge in [0.05, 0.1) is 22.0 Å². The van der Waals surface area contributed by atoms with Gasteiger partial charge in [-0.25, -0.2) is 14.6 Å². The van der Waals surface area contributed by atoms with Crippen molar-refractivity contribution in [1.29, 1.82) is 0 Å². The number of phenols is 1. The van der Waals surface area contributed by atoms with Gasteiger partial charge in [0.1, 0.15) is 11.6 Å². The summed E-state index contributed by atoms with van der Waals surface area (Å²) in [6.07, 6.45) is 0.146. The number of carboxylic acid groups (broad SMARTS) is 1. The Morgan fingerprint density at radius 2 is 2.04 bits per heavy atom. The van der Waals surface area contributed by atoms with Gasteiger partial charge in [0.15, 0.2) is 5.82 Å². The summed E-state index contributed by atoms with van der Waals surface area (Å²) in [7, 11) is 0. The highest BCUT2D eigenvalue weighted by Crippen LogP contribution is 2.26. The van der Waals surface area contributed by atoms with Crippen LogP contribution >= 0.6 is 11.6 Å². The number of carbonyl (C=O) groups is 2. The Hall–Kier alpha value is -3.53. The van der Waals surface area contributed by atoms with Crippen molar-refractivity contribution in [3.8, 4) is 5.75 Å². The first-order chi connectivity index (χ1) is 12.8. The number of nitrogens with zero attached hydrogens (tertiary/aromatic N) is 2. The van der Waals surface area contributed by atoms with Gasteiger partial charge < -0.3 is 15.5 Å². The summed E-state index contributed by atoms with van der Waals surface area (Å²) >= 11 is 5.77. The van der Waals surface area contributed by atoms with Crippen LogP contribution in [0.2, 0.25) is 5.02 Å². The molecular weight excluding hydrogens is 376 g/mol. The second kappa shape index (κ2) is 7.38. The van der Waals surface area contributed by atoms with Gasteiger partial charge in [0.25, 0.3) is 0 Å². The fourth-order valence-electron chi connectivity index (χ4n) is 2.41. The first-order valence-corrected chi connectivity index (χ1v) is 8.11. The second-order valence-corrected chi connectivity index (χ2v) is 6.06. The van der Waals surface area contributed by atoms with Gasteiger partial charge in [-0.1, -0.05) is 17.7 Å². The van der Waals surface area contributed by atoms with E-state index in [1.807, 2.05) is 0 Å². The molecule has 10 nitrogen and oxygen atoms in total. The highest BCUT2D eigenvalue weighted by atomic mass is 35.5. The quantitative estimate of drug-likeness (QED) is 0.402. The van der Waals surface area contributed by atoms with Crippen LogP contribution in [0.5, 0.6) is 5.75 Å². The number of amides is 3. The van der Waals surface area contributed by atoms with Crippen LogP contribution in [0.3, 0.4) is 0 Å². The van der Waals surface area contributed by atoms with Crippen LogP contribution in [0, 0.1) is 0 Å². The fourth-order valence-corrected chi connectivity index (χ4v) is 2.53. The number of fused-ring (bicyclic) bond motifs is 1. The Morgan fingerprint density at radius 3 is 2.74 bits per heavy atom. The summed E-state index contributed by atoms with van der Waals surface area (Å²) in [6, 6.07) is 5.33. The molecule has 140 valence electrons. The molecule has 2 aromatic heterocycles. The Labute approximate surface area is 157 Å². The second-order valence-electron chi connectivity index (χ2n) is 5.65. The van der Waals surface area contributed by atoms with E-state index in [0.717, 1.165) is 0 Å². The lowest BCUT2D eigenvalue weighted by molar-refractivity contribution is 0.209. The number of phenolic OH excluding ortho intramolecular Hbond substituents is 1. The van der Waals surface area contributed by atoms with Gasteiger partial charge >= 0.3 is 12.1 Å². The van der Waals surface area contributed by atoms with Gasteiger partial charge in [-0.05, 0) is 24.6 Å². The lowest BCUT2D eigenvalue weighted by Crippen LogP contribution is -2.31. The number of aromatic nitrogens is 3. The van der Waals surface area contributed by atoms with E-state index in [4.69, 9.17) is 16.7 Å². The van der Waals surface area contributed by atoms with Gasteiger partial charge in [0, 0.05) is 12.3 Å². The predicted octanol–water partition coefficient (Wildman–Crippen LogP) is 3.29. The third-order valence-electron chi connectivity index (χ3n) is 3.73. The molecule has 0 fully saturated rings. The molecule has 2 heterocycles. The molecule has 1 aromatic carbocycles. The van der Waals surface area contributed by atoms with Crippen molar-refractivity contribution in [3.63, 3.8) is 0 Å².